The van der Waals surface area contributed by atoms with E-state index in [1.165, 1.54) is 23.9 Å². The third-order valence-electron chi connectivity index (χ3n) is 5.18. The zero-order chi connectivity index (χ0) is 20.8. The van der Waals surface area contributed by atoms with Crippen molar-refractivity contribution in [3.8, 4) is 0 Å². The number of carbonyl (C=O) groups is 1. The van der Waals surface area contributed by atoms with Gasteiger partial charge >= 0.3 is 0 Å². The molecule has 2 atom stereocenters. The number of halogens is 1. The molecule has 5 nitrogen and oxygen atoms in total. The Morgan fingerprint density at radius 1 is 1.17 bits per heavy atom. The number of carbonyl (C=O) groups excluding carboxylic acids is 1. The third kappa shape index (κ3) is 4.23. The highest BCUT2D eigenvalue weighted by molar-refractivity contribution is 8.16. The van der Waals surface area contributed by atoms with Gasteiger partial charge in [-0.25, -0.2) is 12.8 Å². The largest absolute Gasteiger partial charge is 0.315 e. The SMILES string of the molecule is Cc1ccc(C)c(N2C(=NC(=O)Cc3ccc(F)cc3)S[C@H]3CS(=O)(=O)C[C@H]32)c1. The maximum absolute atomic E-state index is 13.1. The second kappa shape index (κ2) is 7.57. The summed E-state index contributed by atoms with van der Waals surface area (Å²) in [5, 5.41) is 0.396. The van der Waals surface area contributed by atoms with Gasteiger partial charge in [0, 0.05) is 10.9 Å². The molecule has 1 amide bonds. The van der Waals surface area contributed by atoms with Gasteiger partial charge in [-0.3, -0.25) is 4.79 Å². The third-order valence-corrected chi connectivity index (χ3v) is 8.39. The van der Waals surface area contributed by atoms with Gasteiger partial charge in [0.2, 0.25) is 0 Å². The van der Waals surface area contributed by atoms with E-state index >= 15 is 0 Å². The van der Waals surface area contributed by atoms with Crippen LogP contribution < -0.4 is 4.90 Å². The Labute approximate surface area is 173 Å². The number of amides is 1. The minimum absolute atomic E-state index is 0.0588. The van der Waals surface area contributed by atoms with Crippen molar-refractivity contribution < 1.29 is 17.6 Å². The molecule has 2 aromatic rings. The number of rotatable bonds is 3. The molecule has 29 heavy (non-hydrogen) atoms. The van der Waals surface area contributed by atoms with E-state index in [2.05, 4.69) is 4.99 Å². The molecule has 0 aliphatic carbocycles. The standard InChI is InChI=1S/C21H21FN2O3S2/c1-13-3-4-14(2)17(9-13)24-18-11-29(26,27)12-19(18)28-21(24)23-20(25)10-15-5-7-16(22)8-6-15/h3-9,18-19H,10-12H2,1-2H3/t18-,19+/m1/s1. The molecule has 0 aromatic heterocycles. The van der Waals surface area contributed by atoms with Gasteiger partial charge in [-0.05, 0) is 48.7 Å². The molecule has 2 aromatic carbocycles. The Hall–Kier alpha value is -2.19. The van der Waals surface area contributed by atoms with Crippen molar-refractivity contribution in [2.75, 3.05) is 16.4 Å². The molecule has 2 heterocycles. The van der Waals surface area contributed by atoms with Crippen LogP contribution in [0.25, 0.3) is 0 Å². The molecule has 152 valence electrons. The Balaban J connectivity index is 1.67. The van der Waals surface area contributed by atoms with Gasteiger partial charge in [-0.15, -0.1) is 0 Å². The van der Waals surface area contributed by atoms with E-state index < -0.39 is 9.84 Å². The lowest BCUT2D eigenvalue weighted by molar-refractivity contribution is -0.117. The summed E-state index contributed by atoms with van der Waals surface area (Å²) < 4.78 is 37.5. The summed E-state index contributed by atoms with van der Waals surface area (Å²) in [6.07, 6.45) is 0.0681. The molecule has 0 bridgehead atoms. The van der Waals surface area contributed by atoms with E-state index in [0.717, 1.165) is 16.8 Å². The van der Waals surface area contributed by atoms with Crippen molar-refractivity contribution in [2.24, 2.45) is 4.99 Å². The summed E-state index contributed by atoms with van der Waals surface area (Å²) in [6.45, 7) is 3.94. The maximum Gasteiger partial charge on any atom is 0.252 e. The van der Waals surface area contributed by atoms with Crippen LogP contribution in [0.15, 0.2) is 47.5 Å². The van der Waals surface area contributed by atoms with Crippen molar-refractivity contribution >= 4 is 38.4 Å². The molecule has 2 saturated heterocycles. The van der Waals surface area contributed by atoms with Crippen LogP contribution >= 0.6 is 11.8 Å². The van der Waals surface area contributed by atoms with Gasteiger partial charge in [0.05, 0.1) is 24.0 Å². The van der Waals surface area contributed by atoms with Crippen molar-refractivity contribution in [3.05, 3.63) is 65.0 Å². The monoisotopic (exact) mass is 432 g/mol. The fourth-order valence-electron chi connectivity index (χ4n) is 3.75. The highest BCUT2D eigenvalue weighted by atomic mass is 32.2. The number of aliphatic imine (C=N–C) groups is 1. The van der Waals surface area contributed by atoms with Crippen molar-refractivity contribution in [1.82, 2.24) is 0 Å². The van der Waals surface area contributed by atoms with Gasteiger partial charge in [0.15, 0.2) is 15.0 Å². The zero-order valence-corrected chi connectivity index (χ0v) is 17.8. The zero-order valence-electron chi connectivity index (χ0n) is 16.1. The summed E-state index contributed by atoms with van der Waals surface area (Å²) in [4.78, 5) is 18.8. The molecule has 2 aliphatic rings. The molecular formula is C21H21FN2O3S2. The smallest absolute Gasteiger partial charge is 0.252 e. The van der Waals surface area contributed by atoms with Gasteiger partial charge < -0.3 is 4.90 Å². The minimum atomic E-state index is -3.11. The van der Waals surface area contributed by atoms with Crippen molar-refractivity contribution in [2.45, 2.75) is 31.6 Å². The summed E-state index contributed by atoms with van der Waals surface area (Å²) >= 11 is 1.36. The summed E-state index contributed by atoms with van der Waals surface area (Å²) in [7, 11) is -3.11. The molecule has 0 radical (unpaired) electrons. The molecule has 0 saturated carbocycles. The first kappa shape index (κ1) is 20.1. The Morgan fingerprint density at radius 2 is 1.90 bits per heavy atom. The van der Waals surface area contributed by atoms with E-state index in [1.807, 2.05) is 36.9 Å². The van der Waals surface area contributed by atoms with Gasteiger partial charge in [0.1, 0.15) is 5.82 Å². The molecule has 8 heteroatoms. The number of thioether (sulfide) groups is 1. The molecule has 0 spiro atoms. The number of sulfone groups is 1. The fourth-order valence-corrected chi connectivity index (χ4v) is 7.67. The molecule has 0 unspecified atom stereocenters. The van der Waals surface area contributed by atoms with Crippen LogP contribution in [0.3, 0.4) is 0 Å². The summed E-state index contributed by atoms with van der Waals surface area (Å²) in [5.74, 6) is -0.538. The number of hydrogen-bond donors (Lipinski definition) is 0. The van der Waals surface area contributed by atoms with Crippen LogP contribution in [0, 0.1) is 19.7 Å². The number of aryl methyl sites for hydroxylation is 2. The minimum Gasteiger partial charge on any atom is -0.315 e. The van der Waals surface area contributed by atoms with Crippen LogP contribution in [0.5, 0.6) is 0 Å². The van der Waals surface area contributed by atoms with Crippen LogP contribution in [-0.2, 0) is 21.1 Å². The maximum atomic E-state index is 13.1. The number of hydrogen-bond acceptors (Lipinski definition) is 4. The second-order valence-corrected chi connectivity index (χ2v) is 10.9. The molecule has 2 fully saturated rings. The first-order valence-electron chi connectivity index (χ1n) is 9.31. The number of anilines is 1. The fraction of sp³-hybridized carbons (Fsp3) is 0.333. The highest BCUT2D eigenvalue weighted by Gasteiger charge is 2.49. The van der Waals surface area contributed by atoms with Gasteiger partial charge in [-0.2, -0.15) is 4.99 Å². The van der Waals surface area contributed by atoms with E-state index in [9.17, 15) is 17.6 Å². The van der Waals surface area contributed by atoms with E-state index in [4.69, 9.17) is 0 Å². The molecule has 2 aliphatic heterocycles. The Morgan fingerprint density at radius 3 is 2.62 bits per heavy atom. The van der Waals surface area contributed by atoms with E-state index in [1.54, 1.807) is 12.1 Å². The topological polar surface area (TPSA) is 66.8 Å². The summed E-state index contributed by atoms with van der Waals surface area (Å²) in [5.41, 5.74) is 3.62. The van der Waals surface area contributed by atoms with Crippen molar-refractivity contribution in [3.63, 3.8) is 0 Å². The Kier molecular flexibility index (Phi) is 5.25. The summed E-state index contributed by atoms with van der Waals surface area (Å²) in [6, 6.07) is 11.5. The normalized spacial score (nSPS) is 24.1. The highest BCUT2D eigenvalue weighted by Crippen LogP contribution is 2.42. The number of nitrogens with zero attached hydrogens (tertiary/aromatic N) is 2. The lowest BCUT2D eigenvalue weighted by atomic mass is 10.1. The van der Waals surface area contributed by atoms with Crippen LogP contribution in [0.1, 0.15) is 16.7 Å². The number of amidine groups is 1. The van der Waals surface area contributed by atoms with Gasteiger partial charge in [0.25, 0.3) is 5.91 Å². The average Bonchev–Trinajstić information content (AvgIpc) is 3.10. The molecular weight excluding hydrogens is 411 g/mol. The first-order chi connectivity index (χ1) is 13.7. The van der Waals surface area contributed by atoms with Gasteiger partial charge in [-0.1, -0.05) is 36.0 Å². The first-order valence-corrected chi connectivity index (χ1v) is 12.0. The number of benzene rings is 2. The predicted octanol–water partition coefficient (Wildman–Crippen LogP) is 3.29. The van der Waals surface area contributed by atoms with E-state index in [0.29, 0.717) is 10.7 Å². The van der Waals surface area contributed by atoms with Crippen LogP contribution in [0.2, 0.25) is 0 Å². The van der Waals surface area contributed by atoms with Crippen LogP contribution in [0.4, 0.5) is 10.1 Å². The lowest BCUT2D eigenvalue weighted by Gasteiger charge is -2.26. The van der Waals surface area contributed by atoms with Crippen LogP contribution in [-0.4, -0.2) is 42.3 Å². The second-order valence-electron chi connectivity index (χ2n) is 7.55. The Bertz CT molecular complexity index is 1100. The average molecular weight is 433 g/mol. The molecule has 0 N–H and O–H groups in total. The van der Waals surface area contributed by atoms with Crippen molar-refractivity contribution in [1.29, 1.82) is 0 Å². The lowest BCUT2D eigenvalue weighted by Crippen LogP contribution is -2.38. The predicted molar refractivity (Wildman–Crippen MR) is 115 cm³/mol. The quantitative estimate of drug-likeness (QED) is 0.745. The van der Waals surface area contributed by atoms with E-state index in [-0.39, 0.29) is 40.9 Å². The number of fused-ring (bicyclic) bond motifs is 1. The molecule has 4 rings (SSSR count).